The molecule has 188 valence electrons. The maximum absolute atomic E-state index is 13.2. The molecule has 1 atom stereocenters. The van der Waals surface area contributed by atoms with Gasteiger partial charge in [0.25, 0.3) is 5.78 Å². The van der Waals surface area contributed by atoms with Crippen molar-refractivity contribution in [1.82, 2.24) is 5.16 Å². The Kier molecular flexibility index (Phi) is 7.64. The molecule has 0 bridgehead atoms. The SMILES string of the molecule is CCCCCOc1ccc([C@H]2C(=C(O)c3ccc(Cl)cc3)C(=O)C(=O)N2c2cc(C)on2)cc1OC. The summed E-state index contributed by atoms with van der Waals surface area (Å²) in [5.74, 6) is -0.377. The lowest BCUT2D eigenvalue weighted by Gasteiger charge is -2.23. The van der Waals surface area contributed by atoms with Crippen molar-refractivity contribution in [3.05, 3.63) is 76.0 Å². The molecular weight excluding hydrogens is 484 g/mol. The Morgan fingerprint density at radius 3 is 2.50 bits per heavy atom. The second-order valence-electron chi connectivity index (χ2n) is 8.44. The number of unbranched alkanes of at least 4 members (excludes halogenated alkanes) is 2. The summed E-state index contributed by atoms with van der Waals surface area (Å²) in [5.41, 5.74) is 0.798. The van der Waals surface area contributed by atoms with Crippen molar-refractivity contribution in [2.24, 2.45) is 0 Å². The van der Waals surface area contributed by atoms with Gasteiger partial charge in [-0.15, -0.1) is 0 Å². The molecule has 0 radical (unpaired) electrons. The average molecular weight is 511 g/mol. The fourth-order valence-electron chi connectivity index (χ4n) is 4.12. The van der Waals surface area contributed by atoms with Gasteiger partial charge in [-0.2, -0.15) is 0 Å². The van der Waals surface area contributed by atoms with Gasteiger partial charge in [-0.05, 0) is 55.3 Å². The van der Waals surface area contributed by atoms with Gasteiger partial charge in [0.05, 0.1) is 25.3 Å². The number of methoxy groups -OCH3 is 1. The fraction of sp³-hybridized carbons (Fsp3) is 0.296. The molecule has 1 aliphatic rings. The van der Waals surface area contributed by atoms with Crippen molar-refractivity contribution in [2.75, 3.05) is 18.6 Å². The number of ketones is 1. The van der Waals surface area contributed by atoms with E-state index in [1.165, 1.54) is 12.0 Å². The van der Waals surface area contributed by atoms with Crippen LogP contribution in [0.15, 0.2) is 58.6 Å². The zero-order valence-electron chi connectivity index (χ0n) is 20.3. The van der Waals surface area contributed by atoms with Gasteiger partial charge in [-0.3, -0.25) is 14.5 Å². The molecule has 0 unspecified atom stereocenters. The van der Waals surface area contributed by atoms with E-state index < -0.39 is 17.7 Å². The number of halogens is 1. The molecule has 0 spiro atoms. The number of hydrogen-bond acceptors (Lipinski definition) is 7. The van der Waals surface area contributed by atoms with Crippen LogP contribution >= 0.6 is 11.6 Å². The van der Waals surface area contributed by atoms with Gasteiger partial charge in [0.1, 0.15) is 11.5 Å². The summed E-state index contributed by atoms with van der Waals surface area (Å²) in [6.07, 6.45) is 3.04. The van der Waals surface area contributed by atoms with Crippen LogP contribution in [0.2, 0.25) is 5.02 Å². The van der Waals surface area contributed by atoms with Crippen LogP contribution in [-0.2, 0) is 9.59 Å². The van der Waals surface area contributed by atoms with Crippen LogP contribution in [0.3, 0.4) is 0 Å². The van der Waals surface area contributed by atoms with Gasteiger partial charge in [-0.1, -0.05) is 42.6 Å². The highest BCUT2D eigenvalue weighted by Crippen LogP contribution is 2.44. The summed E-state index contributed by atoms with van der Waals surface area (Å²) >= 11 is 5.99. The lowest BCUT2D eigenvalue weighted by molar-refractivity contribution is -0.132. The van der Waals surface area contributed by atoms with Crippen molar-refractivity contribution >= 4 is 34.9 Å². The monoisotopic (exact) mass is 510 g/mol. The molecule has 2 aromatic carbocycles. The fourth-order valence-corrected chi connectivity index (χ4v) is 4.25. The molecule has 1 N–H and O–H groups in total. The summed E-state index contributed by atoms with van der Waals surface area (Å²) in [4.78, 5) is 27.7. The number of aryl methyl sites for hydroxylation is 1. The van der Waals surface area contributed by atoms with Gasteiger partial charge < -0.3 is 19.1 Å². The van der Waals surface area contributed by atoms with Crippen molar-refractivity contribution in [3.63, 3.8) is 0 Å². The zero-order valence-corrected chi connectivity index (χ0v) is 21.0. The van der Waals surface area contributed by atoms with E-state index in [1.54, 1.807) is 55.5 Å². The number of Topliss-reactive ketones (excluding diaryl/α,β-unsaturated/α-hetero) is 1. The molecule has 1 amide bonds. The third-order valence-electron chi connectivity index (χ3n) is 5.93. The minimum absolute atomic E-state index is 0.0818. The Morgan fingerprint density at radius 2 is 1.86 bits per heavy atom. The molecular formula is C27H27ClN2O6. The molecule has 1 aromatic heterocycles. The van der Waals surface area contributed by atoms with E-state index in [1.807, 2.05) is 0 Å². The summed E-state index contributed by atoms with van der Waals surface area (Å²) in [7, 11) is 1.52. The van der Waals surface area contributed by atoms with Crippen LogP contribution < -0.4 is 14.4 Å². The molecule has 1 fully saturated rings. The molecule has 8 nitrogen and oxygen atoms in total. The minimum Gasteiger partial charge on any atom is -0.507 e. The number of amides is 1. The quantitative estimate of drug-likeness (QED) is 0.167. The molecule has 4 rings (SSSR count). The van der Waals surface area contributed by atoms with Gasteiger partial charge in [-0.25, -0.2) is 0 Å². The Morgan fingerprint density at radius 1 is 1.11 bits per heavy atom. The second kappa shape index (κ2) is 10.9. The predicted octanol–water partition coefficient (Wildman–Crippen LogP) is 5.84. The van der Waals surface area contributed by atoms with Crippen LogP contribution in [0.4, 0.5) is 5.82 Å². The first-order valence-electron chi connectivity index (χ1n) is 11.7. The lowest BCUT2D eigenvalue weighted by Crippen LogP contribution is -2.29. The first-order chi connectivity index (χ1) is 17.3. The van der Waals surface area contributed by atoms with E-state index >= 15 is 0 Å². The van der Waals surface area contributed by atoms with Gasteiger partial charge in [0, 0.05) is 16.7 Å². The normalized spacial score (nSPS) is 17.0. The lowest BCUT2D eigenvalue weighted by atomic mass is 9.95. The van der Waals surface area contributed by atoms with Gasteiger partial charge >= 0.3 is 5.91 Å². The second-order valence-corrected chi connectivity index (χ2v) is 8.87. The highest BCUT2D eigenvalue weighted by atomic mass is 35.5. The van der Waals surface area contributed by atoms with Crippen molar-refractivity contribution < 1.29 is 28.7 Å². The summed E-state index contributed by atoms with van der Waals surface area (Å²) in [5, 5.41) is 15.6. The molecule has 0 aliphatic carbocycles. The largest absolute Gasteiger partial charge is 0.507 e. The molecule has 9 heteroatoms. The van der Waals surface area contributed by atoms with E-state index in [2.05, 4.69) is 12.1 Å². The number of carbonyl (C=O) groups excluding carboxylic acids is 2. The molecule has 0 saturated carbocycles. The molecule has 36 heavy (non-hydrogen) atoms. The number of ether oxygens (including phenoxy) is 2. The number of nitrogens with zero attached hydrogens (tertiary/aromatic N) is 2. The van der Waals surface area contributed by atoms with Crippen LogP contribution in [0.25, 0.3) is 5.76 Å². The number of carbonyl (C=O) groups is 2. The number of aromatic nitrogens is 1. The zero-order chi connectivity index (χ0) is 25.8. The number of aliphatic hydroxyl groups is 1. The highest BCUT2D eigenvalue weighted by molar-refractivity contribution is 6.51. The van der Waals surface area contributed by atoms with E-state index in [-0.39, 0.29) is 17.2 Å². The smallest absolute Gasteiger partial charge is 0.301 e. The van der Waals surface area contributed by atoms with E-state index in [0.29, 0.717) is 40.0 Å². The molecule has 1 saturated heterocycles. The third kappa shape index (κ3) is 4.95. The summed E-state index contributed by atoms with van der Waals surface area (Å²) in [6, 6.07) is 12.1. The van der Waals surface area contributed by atoms with Crippen LogP contribution in [-0.4, -0.2) is 35.7 Å². The van der Waals surface area contributed by atoms with Crippen LogP contribution in [0.5, 0.6) is 11.5 Å². The van der Waals surface area contributed by atoms with E-state index in [4.69, 9.17) is 25.6 Å². The Balaban J connectivity index is 1.83. The van der Waals surface area contributed by atoms with Crippen molar-refractivity contribution in [3.8, 4) is 11.5 Å². The predicted molar refractivity (Wildman–Crippen MR) is 135 cm³/mol. The standard InChI is InChI=1S/C27H27ClN2O6/c1-4-5-6-13-35-20-12-9-18(15-21(20)34-3)24-23(25(31)17-7-10-19(28)11-8-17)26(32)27(33)30(24)22-14-16(2)36-29-22/h7-12,14-15,24,31H,4-6,13H2,1-3H3/t24-/m0/s1. The summed E-state index contributed by atoms with van der Waals surface area (Å²) in [6.45, 7) is 4.34. The number of rotatable bonds is 9. The van der Waals surface area contributed by atoms with Crippen LogP contribution in [0.1, 0.15) is 49.1 Å². The summed E-state index contributed by atoms with van der Waals surface area (Å²) < 4.78 is 16.6. The number of benzene rings is 2. The van der Waals surface area contributed by atoms with Gasteiger partial charge in [0.2, 0.25) is 0 Å². The van der Waals surface area contributed by atoms with Crippen LogP contribution in [0, 0.1) is 6.92 Å². The third-order valence-corrected chi connectivity index (χ3v) is 6.19. The highest BCUT2D eigenvalue weighted by Gasteiger charge is 2.48. The first-order valence-corrected chi connectivity index (χ1v) is 12.0. The first kappa shape index (κ1) is 25.3. The Labute approximate surface area is 214 Å². The maximum Gasteiger partial charge on any atom is 0.301 e. The molecule has 1 aliphatic heterocycles. The van der Waals surface area contributed by atoms with E-state index in [9.17, 15) is 14.7 Å². The average Bonchev–Trinajstić information content (AvgIpc) is 3.42. The van der Waals surface area contributed by atoms with E-state index in [0.717, 1.165) is 19.3 Å². The number of anilines is 1. The van der Waals surface area contributed by atoms with Crippen molar-refractivity contribution in [2.45, 2.75) is 39.2 Å². The topological polar surface area (TPSA) is 102 Å². The Hall–Kier alpha value is -3.78. The number of aliphatic hydroxyl groups excluding tert-OH is 1. The molecule has 2 heterocycles. The maximum atomic E-state index is 13.2. The number of hydrogen-bond donors (Lipinski definition) is 1. The Bertz CT molecular complexity index is 1300. The molecule has 3 aromatic rings. The minimum atomic E-state index is -0.979. The van der Waals surface area contributed by atoms with Crippen molar-refractivity contribution in [1.29, 1.82) is 0 Å². The van der Waals surface area contributed by atoms with Gasteiger partial charge in [0.15, 0.2) is 17.3 Å².